The molecular formula is C15H20BrN3S. The lowest BCUT2D eigenvalue weighted by molar-refractivity contribution is 0.248. The summed E-state index contributed by atoms with van der Waals surface area (Å²) in [6, 6.07) is 2.04. The highest BCUT2D eigenvalue weighted by atomic mass is 79.9. The number of fused-ring (bicyclic) bond motifs is 1. The van der Waals surface area contributed by atoms with Crippen LogP contribution in [-0.4, -0.2) is 14.5 Å². The maximum atomic E-state index is 5.46. The third-order valence-corrected chi connectivity index (χ3v) is 5.32. The molecule has 3 nitrogen and oxygen atoms in total. The zero-order valence-corrected chi connectivity index (χ0v) is 14.1. The summed E-state index contributed by atoms with van der Waals surface area (Å²) in [6.45, 7) is 3.31. The second kappa shape index (κ2) is 5.98. The number of imidazole rings is 1. The van der Waals surface area contributed by atoms with Gasteiger partial charge in [0.25, 0.3) is 0 Å². The summed E-state index contributed by atoms with van der Waals surface area (Å²) in [4.78, 5) is 7.78. The van der Waals surface area contributed by atoms with Crippen molar-refractivity contribution in [2.45, 2.75) is 45.6 Å². The first-order chi connectivity index (χ1) is 9.67. The van der Waals surface area contributed by atoms with Crippen LogP contribution in [0.4, 0.5) is 0 Å². The molecule has 2 aromatic rings. The maximum absolute atomic E-state index is 5.46. The molecule has 0 bridgehead atoms. The molecule has 108 valence electrons. The van der Waals surface area contributed by atoms with Crippen molar-refractivity contribution >= 4 is 39.3 Å². The van der Waals surface area contributed by atoms with Crippen LogP contribution in [0.1, 0.15) is 39.0 Å². The Bertz CT molecular complexity index is 653. The van der Waals surface area contributed by atoms with Crippen molar-refractivity contribution in [1.29, 1.82) is 0 Å². The van der Waals surface area contributed by atoms with E-state index in [-0.39, 0.29) is 0 Å². The summed E-state index contributed by atoms with van der Waals surface area (Å²) >= 11 is 8.92. The Morgan fingerprint density at radius 1 is 1.35 bits per heavy atom. The van der Waals surface area contributed by atoms with Gasteiger partial charge in [0.15, 0.2) is 10.4 Å². The number of rotatable bonds is 3. The minimum Gasteiger partial charge on any atom is -0.329 e. The molecule has 1 fully saturated rings. The number of hydrogen-bond acceptors (Lipinski definition) is 2. The Morgan fingerprint density at radius 3 is 2.75 bits per heavy atom. The molecule has 0 aromatic carbocycles. The quantitative estimate of drug-likeness (QED) is 0.781. The smallest absolute Gasteiger partial charge is 0.179 e. The van der Waals surface area contributed by atoms with Crippen molar-refractivity contribution in [3.05, 3.63) is 21.5 Å². The van der Waals surface area contributed by atoms with Crippen molar-refractivity contribution in [2.24, 2.45) is 11.8 Å². The molecule has 1 aliphatic rings. The summed E-state index contributed by atoms with van der Waals surface area (Å²) < 4.78 is 3.95. The molecular weight excluding hydrogens is 334 g/mol. The van der Waals surface area contributed by atoms with Crippen molar-refractivity contribution in [1.82, 2.24) is 14.5 Å². The molecule has 2 heterocycles. The predicted octanol–water partition coefficient (Wildman–Crippen LogP) is 5.07. The molecule has 0 amide bonds. The highest BCUT2D eigenvalue weighted by Gasteiger charge is 2.21. The van der Waals surface area contributed by atoms with Gasteiger partial charge in [0.1, 0.15) is 0 Å². The first kappa shape index (κ1) is 14.3. The van der Waals surface area contributed by atoms with E-state index in [4.69, 9.17) is 12.2 Å². The average Bonchev–Trinajstić information content (AvgIpc) is 2.75. The summed E-state index contributed by atoms with van der Waals surface area (Å²) in [7, 11) is 0. The molecule has 0 spiro atoms. The molecule has 3 rings (SSSR count). The molecule has 20 heavy (non-hydrogen) atoms. The fourth-order valence-electron chi connectivity index (χ4n) is 3.27. The molecule has 0 unspecified atom stereocenters. The van der Waals surface area contributed by atoms with E-state index in [1.165, 1.54) is 32.1 Å². The Balaban J connectivity index is 1.81. The van der Waals surface area contributed by atoms with Crippen LogP contribution in [0.25, 0.3) is 11.2 Å². The lowest BCUT2D eigenvalue weighted by atomic mass is 9.81. The van der Waals surface area contributed by atoms with Crippen molar-refractivity contribution < 1.29 is 0 Å². The number of nitrogens with one attached hydrogen (secondary N) is 1. The maximum Gasteiger partial charge on any atom is 0.179 e. The van der Waals surface area contributed by atoms with Crippen LogP contribution in [0, 0.1) is 16.6 Å². The topological polar surface area (TPSA) is 33.6 Å². The van der Waals surface area contributed by atoms with Crippen LogP contribution in [-0.2, 0) is 6.54 Å². The number of hydrogen-bond donors (Lipinski definition) is 1. The van der Waals surface area contributed by atoms with Gasteiger partial charge >= 0.3 is 0 Å². The molecule has 1 N–H and O–H groups in total. The Hall–Kier alpha value is -0.680. The summed E-state index contributed by atoms with van der Waals surface area (Å²) in [5, 5.41) is 0. The van der Waals surface area contributed by atoms with Gasteiger partial charge in [0.05, 0.1) is 5.52 Å². The van der Waals surface area contributed by atoms with E-state index in [9.17, 15) is 0 Å². The fraction of sp³-hybridized carbons (Fsp3) is 0.600. The van der Waals surface area contributed by atoms with Gasteiger partial charge in [-0.15, -0.1) is 0 Å². The molecule has 0 aliphatic heterocycles. The number of pyridine rings is 1. The summed E-state index contributed by atoms with van der Waals surface area (Å²) in [6.07, 6.45) is 8.56. The Labute approximate surface area is 132 Å². The zero-order chi connectivity index (χ0) is 14.1. The van der Waals surface area contributed by atoms with Crippen LogP contribution in [0.2, 0.25) is 0 Å². The van der Waals surface area contributed by atoms with Gasteiger partial charge in [0, 0.05) is 17.2 Å². The SMILES string of the molecule is CCC1CCC(Cn2c(=S)[nH]c3cc(Br)cnc32)CC1. The number of aromatic nitrogens is 3. The van der Waals surface area contributed by atoms with E-state index in [1.807, 2.05) is 12.3 Å². The number of H-pyrrole nitrogens is 1. The molecule has 0 saturated heterocycles. The van der Waals surface area contributed by atoms with Crippen LogP contribution in [0.3, 0.4) is 0 Å². The predicted molar refractivity (Wildman–Crippen MR) is 88.4 cm³/mol. The van der Waals surface area contributed by atoms with E-state index >= 15 is 0 Å². The lowest BCUT2D eigenvalue weighted by Crippen LogP contribution is -2.19. The minimum atomic E-state index is 0.744. The monoisotopic (exact) mass is 353 g/mol. The largest absolute Gasteiger partial charge is 0.329 e. The first-order valence-electron chi connectivity index (χ1n) is 7.41. The van der Waals surface area contributed by atoms with Gasteiger partial charge < -0.3 is 9.55 Å². The van der Waals surface area contributed by atoms with Crippen LogP contribution in [0.15, 0.2) is 16.7 Å². The van der Waals surface area contributed by atoms with Gasteiger partial charge in [-0.25, -0.2) is 4.98 Å². The molecule has 5 heteroatoms. The van der Waals surface area contributed by atoms with Crippen molar-refractivity contribution in [3.8, 4) is 0 Å². The van der Waals surface area contributed by atoms with Gasteiger partial charge in [-0.1, -0.05) is 26.2 Å². The van der Waals surface area contributed by atoms with Gasteiger partial charge in [-0.2, -0.15) is 0 Å². The highest BCUT2D eigenvalue weighted by Crippen LogP contribution is 2.32. The average molecular weight is 354 g/mol. The van der Waals surface area contributed by atoms with E-state index in [0.717, 1.165) is 38.8 Å². The van der Waals surface area contributed by atoms with Gasteiger partial charge in [-0.3, -0.25) is 0 Å². The minimum absolute atomic E-state index is 0.744. The molecule has 2 aromatic heterocycles. The Kier molecular flexibility index (Phi) is 4.26. The molecule has 1 aliphatic carbocycles. The highest BCUT2D eigenvalue weighted by molar-refractivity contribution is 9.10. The number of nitrogens with zero attached hydrogens (tertiary/aromatic N) is 2. The molecule has 0 radical (unpaired) electrons. The van der Waals surface area contributed by atoms with Crippen LogP contribution >= 0.6 is 28.1 Å². The van der Waals surface area contributed by atoms with Crippen LogP contribution < -0.4 is 0 Å². The normalized spacial score (nSPS) is 23.3. The second-order valence-corrected chi connectivity index (χ2v) is 7.16. The van der Waals surface area contributed by atoms with Crippen LogP contribution in [0.5, 0.6) is 0 Å². The first-order valence-corrected chi connectivity index (χ1v) is 8.61. The molecule has 1 saturated carbocycles. The lowest BCUT2D eigenvalue weighted by Gasteiger charge is -2.27. The van der Waals surface area contributed by atoms with E-state index in [0.29, 0.717) is 0 Å². The van der Waals surface area contributed by atoms with E-state index < -0.39 is 0 Å². The third kappa shape index (κ3) is 2.84. The number of aromatic amines is 1. The van der Waals surface area contributed by atoms with Gasteiger partial charge in [0.2, 0.25) is 0 Å². The van der Waals surface area contributed by atoms with E-state index in [2.05, 4.69) is 37.4 Å². The fourth-order valence-corrected chi connectivity index (χ4v) is 3.87. The zero-order valence-electron chi connectivity index (χ0n) is 11.7. The third-order valence-electron chi connectivity index (χ3n) is 4.56. The number of halogens is 1. The van der Waals surface area contributed by atoms with Crippen molar-refractivity contribution in [3.63, 3.8) is 0 Å². The van der Waals surface area contributed by atoms with Gasteiger partial charge in [-0.05, 0) is 58.9 Å². The Morgan fingerprint density at radius 2 is 2.05 bits per heavy atom. The molecule has 0 atom stereocenters. The second-order valence-electron chi connectivity index (χ2n) is 5.86. The van der Waals surface area contributed by atoms with Crippen molar-refractivity contribution in [2.75, 3.05) is 0 Å². The standard InChI is InChI=1S/C15H20BrN3S/c1-2-10-3-5-11(6-4-10)9-19-14-13(18-15(19)20)7-12(16)8-17-14/h7-8,10-11H,2-6,9H2,1H3,(H,18,20). The summed E-state index contributed by atoms with van der Waals surface area (Å²) in [5.41, 5.74) is 2.00. The van der Waals surface area contributed by atoms with E-state index in [1.54, 1.807) is 0 Å². The summed E-state index contributed by atoms with van der Waals surface area (Å²) in [5.74, 6) is 1.69.